The molecule has 1 radical (unpaired) electrons. The fraction of sp³-hybridized carbons (Fsp3) is 0.0952. The Kier molecular flexibility index (Phi) is 6.26. The van der Waals surface area contributed by atoms with Gasteiger partial charge in [-0.3, -0.25) is 0 Å². The Labute approximate surface area is 143 Å². The van der Waals surface area contributed by atoms with E-state index < -0.39 is 0 Å². The molecule has 0 saturated carbocycles. The Morgan fingerprint density at radius 3 is 1.75 bits per heavy atom. The van der Waals surface area contributed by atoms with Crippen molar-refractivity contribution < 1.29 is 5.11 Å². The number of hydrogen-bond acceptors (Lipinski definition) is 3. The second kappa shape index (κ2) is 8.63. The predicted octanol–water partition coefficient (Wildman–Crippen LogP) is 5.28. The highest BCUT2D eigenvalue weighted by atomic mass is 16.3. The monoisotopic (exact) mass is 317 g/mol. The van der Waals surface area contributed by atoms with E-state index in [1.165, 1.54) is 12.4 Å². The lowest BCUT2D eigenvalue weighted by Crippen LogP contribution is -1.87. The van der Waals surface area contributed by atoms with Gasteiger partial charge in [-0.15, -0.1) is 6.58 Å². The highest BCUT2D eigenvalue weighted by molar-refractivity contribution is 5.68. The van der Waals surface area contributed by atoms with Gasteiger partial charge in [-0.05, 0) is 16.7 Å². The molecule has 0 aliphatic rings. The van der Waals surface area contributed by atoms with E-state index in [1.807, 2.05) is 44.5 Å². The van der Waals surface area contributed by atoms with E-state index in [0.717, 1.165) is 22.3 Å². The second-order valence-corrected chi connectivity index (χ2v) is 4.87. The summed E-state index contributed by atoms with van der Waals surface area (Å²) in [5.41, 5.74) is 4.33. The number of rotatable bonds is 4. The average Bonchev–Trinajstić information content (AvgIpc) is 2.65. The molecule has 0 amide bonds. The van der Waals surface area contributed by atoms with Crippen molar-refractivity contribution >= 4 is 0 Å². The molecule has 3 rings (SSSR count). The average molecular weight is 317 g/mol. The third-order valence-electron chi connectivity index (χ3n) is 3.34. The number of aromatic nitrogens is 2. The lowest BCUT2D eigenvalue weighted by Gasteiger charge is -2.05. The molecule has 3 aromatic rings. The van der Waals surface area contributed by atoms with Crippen molar-refractivity contribution in [2.24, 2.45) is 0 Å². The summed E-state index contributed by atoms with van der Waals surface area (Å²) in [4.78, 5) is 8.22. The van der Waals surface area contributed by atoms with E-state index in [9.17, 15) is 5.11 Å². The Morgan fingerprint density at radius 1 is 0.792 bits per heavy atom. The topological polar surface area (TPSA) is 46.0 Å². The van der Waals surface area contributed by atoms with Crippen molar-refractivity contribution in [3.05, 3.63) is 85.6 Å². The molecule has 0 saturated heterocycles. The van der Waals surface area contributed by atoms with E-state index in [1.54, 1.807) is 6.08 Å². The minimum Gasteiger partial charge on any atom is -0.505 e. The van der Waals surface area contributed by atoms with Gasteiger partial charge in [0.25, 0.3) is 0 Å². The normalized spacial score (nSPS) is 9.75. The van der Waals surface area contributed by atoms with Crippen LogP contribution in [0.5, 0.6) is 5.75 Å². The fourth-order valence-corrected chi connectivity index (χ4v) is 2.20. The zero-order valence-corrected chi connectivity index (χ0v) is 14.0. The van der Waals surface area contributed by atoms with Crippen molar-refractivity contribution in [3.63, 3.8) is 0 Å². The molecular formula is C21H21N2O. The zero-order valence-electron chi connectivity index (χ0n) is 14.0. The molecule has 3 nitrogen and oxygen atoms in total. The molecule has 24 heavy (non-hydrogen) atoms. The molecule has 2 aromatic carbocycles. The quantitative estimate of drug-likeness (QED) is 0.712. The molecule has 0 spiro atoms. The fourth-order valence-electron chi connectivity index (χ4n) is 2.20. The van der Waals surface area contributed by atoms with Crippen LogP contribution >= 0.6 is 0 Å². The number of nitrogens with zero attached hydrogens (tertiary/aromatic N) is 2. The van der Waals surface area contributed by atoms with Crippen molar-refractivity contribution in [1.82, 2.24) is 9.97 Å². The first-order valence-electron chi connectivity index (χ1n) is 7.94. The van der Waals surface area contributed by atoms with Gasteiger partial charge in [0.1, 0.15) is 0 Å². The summed E-state index contributed by atoms with van der Waals surface area (Å²) in [6.07, 6.45) is 6.53. The van der Waals surface area contributed by atoms with Crippen LogP contribution in [0, 0.1) is 6.42 Å². The number of aromatic hydroxyl groups is 1. The maximum atomic E-state index is 9.22. The molecule has 1 aromatic heterocycles. The highest BCUT2D eigenvalue weighted by Crippen LogP contribution is 2.24. The predicted molar refractivity (Wildman–Crippen MR) is 99.5 cm³/mol. The summed E-state index contributed by atoms with van der Waals surface area (Å²) >= 11 is 0. The zero-order chi connectivity index (χ0) is 17.4. The molecule has 0 aliphatic heterocycles. The molecule has 121 valence electrons. The van der Waals surface area contributed by atoms with Crippen LogP contribution in [0.3, 0.4) is 0 Å². The SMILES string of the molecule is C=C[CH]c1ccc(-c2ccc(-c3ncc(O)cn3)cc2)cc1.CC. The largest absolute Gasteiger partial charge is 0.505 e. The standard InChI is InChI=1S/C19H15N2O.C2H6/c1-2-3-14-4-6-15(7-5-14)16-8-10-17(11-9-16)19-20-12-18(22)13-21-19;1-2/h2-13,22H,1H2;1-2H3. The summed E-state index contributed by atoms with van der Waals surface area (Å²) in [7, 11) is 0. The molecule has 3 heteroatoms. The third kappa shape index (κ3) is 4.29. The summed E-state index contributed by atoms with van der Waals surface area (Å²) in [6, 6.07) is 16.3. The van der Waals surface area contributed by atoms with Gasteiger partial charge >= 0.3 is 0 Å². The summed E-state index contributed by atoms with van der Waals surface area (Å²) in [6.45, 7) is 7.70. The van der Waals surface area contributed by atoms with Crippen LogP contribution in [-0.2, 0) is 0 Å². The number of hydrogen-bond donors (Lipinski definition) is 1. The van der Waals surface area contributed by atoms with Crippen molar-refractivity contribution in [2.45, 2.75) is 13.8 Å². The van der Waals surface area contributed by atoms with Crippen molar-refractivity contribution in [1.29, 1.82) is 0 Å². The summed E-state index contributed by atoms with van der Waals surface area (Å²) < 4.78 is 0. The first-order valence-corrected chi connectivity index (χ1v) is 7.94. The van der Waals surface area contributed by atoms with Crippen LogP contribution in [0.15, 0.2) is 73.6 Å². The molecule has 1 N–H and O–H groups in total. The van der Waals surface area contributed by atoms with Crippen molar-refractivity contribution in [2.75, 3.05) is 0 Å². The Bertz CT molecular complexity index is 760. The van der Waals surface area contributed by atoms with Crippen LogP contribution in [-0.4, -0.2) is 15.1 Å². The van der Waals surface area contributed by atoms with Crippen LogP contribution in [0.1, 0.15) is 19.4 Å². The Morgan fingerprint density at radius 2 is 1.25 bits per heavy atom. The van der Waals surface area contributed by atoms with Crippen LogP contribution in [0.2, 0.25) is 0 Å². The Balaban J connectivity index is 0.00000100. The summed E-state index contributed by atoms with van der Waals surface area (Å²) in [5, 5.41) is 9.22. The smallest absolute Gasteiger partial charge is 0.159 e. The second-order valence-electron chi connectivity index (χ2n) is 4.87. The Hall–Kier alpha value is -2.94. The number of benzene rings is 2. The van der Waals surface area contributed by atoms with Crippen LogP contribution in [0.4, 0.5) is 0 Å². The van der Waals surface area contributed by atoms with E-state index in [0.29, 0.717) is 5.82 Å². The van der Waals surface area contributed by atoms with Gasteiger partial charge < -0.3 is 5.11 Å². The van der Waals surface area contributed by atoms with Gasteiger partial charge in [0.15, 0.2) is 11.6 Å². The van der Waals surface area contributed by atoms with Gasteiger partial charge in [-0.2, -0.15) is 0 Å². The molecule has 0 unspecified atom stereocenters. The molecule has 0 aliphatic carbocycles. The lowest BCUT2D eigenvalue weighted by atomic mass is 10.0. The minimum absolute atomic E-state index is 0.0665. The number of allylic oxidation sites excluding steroid dienone is 1. The lowest BCUT2D eigenvalue weighted by molar-refractivity contribution is 0.470. The van der Waals surface area contributed by atoms with Gasteiger partial charge in [0.2, 0.25) is 0 Å². The minimum atomic E-state index is 0.0665. The van der Waals surface area contributed by atoms with Crippen LogP contribution < -0.4 is 0 Å². The van der Waals surface area contributed by atoms with Crippen molar-refractivity contribution in [3.8, 4) is 28.3 Å². The molecule has 0 bridgehead atoms. The molecule has 1 heterocycles. The van der Waals surface area contributed by atoms with E-state index in [-0.39, 0.29) is 5.75 Å². The van der Waals surface area contributed by atoms with Gasteiger partial charge in [0, 0.05) is 12.0 Å². The van der Waals surface area contributed by atoms with Gasteiger partial charge in [0.05, 0.1) is 12.4 Å². The maximum Gasteiger partial charge on any atom is 0.159 e. The van der Waals surface area contributed by atoms with Gasteiger partial charge in [-0.25, -0.2) is 9.97 Å². The highest BCUT2D eigenvalue weighted by Gasteiger charge is 2.03. The van der Waals surface area contributed by atoms with E-state index in [4.69, 9.17) is 0 Å². The first kappa shape index (κ1) is 17.4. The maximum absolute atomic E-state index is 9.22. The van der Waals surface area contributed by atoms with E-state index >= 15 is 0 Å². The van der Waals surface area contributed by atoms with E-state index in [2.05, 4.69) is 40.8 Å². The molecule has 0 atom stereocenters. The van der Waals surface area contributed by atoms with Crippen LogP contribution in [0.25, 0.3) is 22.5 Å². The van der Waals surface area contributed by atoms with Gasteiger partial charge in [-0.1, -0.05) is 68.5 Å². The molecular weight excluding hydrogens is 296 g/mol. The third-order valence-corrected chi connectivity index (χ3v) is 3.34. The molecule has 0 fully saturated rings. The first-order chi connectivity index (χ1) is 11.8. The summed E-state index contributed by atoms with van der Waals surface area (Å²) in [5.74, 6) is 0.664.